The first kappa shape index (κ1) is 44.5. The van der Waals surface area contributed by atoms with Gasteiger partial charge in [0.2, 0.25) is 0 Å². The highest BCUT2D eigenvalue weighted by Crippen LogP contribution is 2.70. The number of ketones is 1. The van der Waals surface area contributed by atoms with Crippen molar-refractivity contribution in [1.29, 1.82) is 0 Å². The average molecular weight is 871 g/mol. The van der Waals surface area contributed by atoms with Gasteiger partial charge in [0.25, 0.3) is 0 Å². The zero-order valence-corrected chi connectivity index (χ0v) is 36.9. The van der Waals surface area contributed by atoms with E-state index in [9.17, 15) is 29.7 Å². The molecule has 4 heterocycles. The van der Waals surface area contributed by atoms with Crippen molar-refractivity contribution >= 4 is 17.7 Å². The Morgan fingerprint density at radius 2 is 1.53 bits per heavy atom. The zero-order valence-electron chi connectivity index (χ0n) is 36.9. The fraction of sp³-hybridized carbons (Fsp3) is 0.809. The maximum atomic E-state index is 14.7. The lowest BCUT2D eigenvalue weighted by Gasteiger charge is -2.60. The molecule has 4 saturated carbocycles. The molecular weight excluding hydrogens is 805 g/mol. The normalized spacial score (nSPS) is 48.7. The van der Waals surface area contributed by atoms with Crippen molar-refractivity contribution < 1.29 is 72.3 Å². The first-order chi connectivity index (χ1) is 29.6. The molecule has 20 atom stereocenters. The smallest absolute Gasteiger partial charge is 0.338 e. The van der Waals surface area contributed by atoms with E-state index in [0.717, 1.165) is 44.9 Å². The molecule has 344 valence electrons. The van der Waals surface area contributed by atoms with Crippen LogP contribution in [0.2, 0.25) is 0 Å². The molecule has 15 heteroatoms. The van der Waals surface area contributed by atoms with Crippen LogP contribution in [0.25, 0.3) is 0 Å². The number of Topliss-reactive ketones (excluding diaryl/α,β-unsaturated/α-hetero) is 1. The average Bonchev–Trinajstić information content (AvgIpc) is 3.70. The van der Waals surface area contributed by atoms with Gasteiger partial charge in [-0.25, -0.2) is 4.79 Å². The molecule has 15 nitrogen and oxygen atoms in total. The number of esters is 2. The highest BCUT2D eigenvalue weighted by atomic mass is 16.8. The van der Waals surface area contributed by atoms with Gasteiger partial charge < -0.3 is 58.0 Å². The molecule has 1 spiro atoms. The van der Waals surface area contributed by atoms with Crippen LogP contribution in [0.3, 0.4) is 0 Å². The van der Waals surface area contributed by atoms with Gasteiger partial charge in [-0.2, -0.15) is 0 Å². The van der Waals surface area contributed by atoms with Crippen LogP contribution in [-0.4, -0.2) is 127 Å². The molecule has 0 amide bonds. The minimum atomic E-state index is -1.59. The summed E-state index contributed by atoms with van der Waals surface area (Å²) in [6.45, 7) is 10.5. The molecule has 0 radical (unpaired) electrons. The van der Waals surface area contributed by atoms with Gasteiger partial charge in [-0.05, 0) is 104 Å². The van der Waals surface area contributed by atoms with Crippen LogP contribution in [0.1, 0.15) is 103 Å². The van der Waals surface area contributed by atoms with Crippen molar-refractivity contribution in [3.05, 3.63) is 29.8 Å². The molecule has 1 unspecified atom stereocenters. The Labute approximate surface area is 363 Å². The summed E-state index contributed by atoms with van der Waals surface area (Å²) in [6, 6.07) is 6.14. The molecule has 8 aliphatic rings. The SMILES string of the molecule is COc1ccc(C(=O)O[C@H]2[C@H](O[C@@H]3[C@@H](OC(C)=O)[C@H](O[C@H]4CC[C@@]5(C)C(CC[C@H]6[C@@H]7C[C@@H]8O[C@@]9(CC[C@@H](C)CO9)[C@@H](C)[C@@H]8[C@@]7(C)C(=O)C[C@@H]65)C4)OC[C@@H]3O)OC[C@@H](O)[C@@H]2O)cc1. The standard InChI is InChI=1S/C47H66O15/c1-23-13-16-47(57-20-23)24(2)37-35(62-47)18-32-30-12-9-27-17-29(14-15-45(27,4)31(30)19-36(51)46(32,37)5)59-44-41(58-25(3)48)39(34(50)22-56-44)61-43-40(38(52)33(49)21-55-43)60-42(53)26-7-10-28(54-6)11-8-26/h7-8,10-11,23-24,27,29-35,37-41,43-44,49-50,52H,9,12-22H2,1-6H3/t23-,24+,27?,29+,30-,31+,32+,33-,34+,35+,37+,38+,39+,40-,41-,43+,44+,45+,46-,47+/m1/s1. The molecule has 4 saturated heterocycles. The van der Waals surface area contributed by atoms with Crippen LogP contribution in [0, 0.1) is 52.3 Å². The lowest BCUT2D eigenvalue weighted by molar-refractivity contribution is -0.340. The molecule has 0 bridgehead atoms. The second kappa shape index (κ2) is 16.9. The highest BCUT2D eigenvalue weighted by molar-refractivity contribution is 5.89. The summed E-state index contributed by atoms with van der Waals surface area (Å²) < 4.78 is 54.6. The van der Waals surface area contributed by atoms with Crippen LogP contribution in [0.5, 0.6) is 5.75 Å². The van der Waals surface area contributed by atoms with Crippen molar-refractivity contribution in [3.8, 4) is 5.75 Å². The summed E-state index contributed by atoms with van der Waals surface area (Å²) in [5, 5.41) is 32.7. The number of hydrogen-bond acceptors (Lipinski definition) is 15. The Morgan fingerprint density at radius 1 is 0.806 bits per heavy atom. The Bertz CT molecular complexity index is 1820. The molecule has 3 N–H and O–H groups in total. The summed E-state index contributed by atoms with van der Waals surface area (Å²) >= 11 is 0. The third-order valence-electron chi connectivity index (χ3n) is 17.1. The van der Waals surface area contributed by atoms with Crippen molar-refractivity contribution in [2.24, 2.45) is 52.3 Å². The second-order valence-corrected chi connectivity index (χ2v) is 20.4. The molecule has 4 aliphatic carbocycles. The van der Waals surface area contributed by atoms with Gasteiger partial charge in [0.05, 0.1) is 44.7 Å². The maximum absolute atomic E-state index is 14.7. The Hall–Kier alpha value is -2.73. The summed E-state index contributed by atoms with van der Waals surface area (Å²) in [4.78, 5) is 40.4. The van der Waals surface area contributed by atoms with Crippen LogP contribution in [-0.2, 0) is 47.5 Å². The summed E-state index contributed by atoms with van der Waals surface area (Å²) in [5.74, 6) is 1.01. The van der Waals surface area contributed by atoms with Gasteiger partial charge in [-0.1, -0.05) is 27.7 Å². The summed E-state index contributed by atoms with van der Waals surface area (Å²) in [5.41, 5.74) is -0.320. The topological polar surface area (TPSA) is 195 Å². The Morgan fingerprint density at radius 3 is 2.23 bits per heavy atom. The zero-order chi connectivity index (χ0) is 43.9. The number of rotatable bonds is 8. The van der Waals surface area contributed by atoms with Gasteiger partial charge in [0.15, 0.2) is 30.6 Å². The van der Waals surface area contributed by atoms with Crippen LogP contribution in [0.4, 0.5) is 0 Å². The number of aliphatic hydroxyl groups is 3. The molecule has 4 aliphatic heterocycles. The number of carbonyl (C=O) groups excluding carboxylic acids is 3. The van der Waals surface area contributed by atoms with Crippen LogP contribution >= 0.6 is 0 Å². The number of benzene rings is 1. The predicted molar refractivity (Wildman–Crippen MR) is 217 cm³/mol. The number of carbonyl (C=O) groups is 3. The van der Waals surface area contributed by atoms with E-state index in [1.54, 1.807) is 12.1 Å². The lowest BCUT2D eigenvalue weighted by atomic mass is 9.44. The van der Waals surface area contributed by atoms with Crippen LogP contribution < -0.4 is 4.74 Å². The first-order valence-electron chi connectivity index (χ1n) is 23.0. The quantitative estimate of drug-likeness (QED) is 0.247. The third kappa shape index (κ3) is 7.52. The predicted octanol–water partition coefficient (Wildman–Crippen LogP) is 4.34. The highest BCUT2D eigenvalue weighted by Gasteiger charge is 2.72. The Balaban J connectivity index is 0.869. The van der Waals surface area contributed by atoms with Crippen LogP contribution in [0.15, 0.2) is 24.3 Å². The monoisotopic (exact) mass is 870 g/mol. The van der Waals surface area contributed by atoms with Gasteiger partial charge >= 0.3 is 11.9 Å². The largest absolute Gasteiger partial charge is 0.497 e. The third-order valence-corrected chi connectivity index (χ3v) is 17.1. The Kier molecular flexibility index (Phi) is 12.1. The molecule has 8 fully saturated rings. The van der Waals surface area contributed by atoms with E-state index in [4.69, 9.17) is 42.6 Å². The van der Waals surface area contributed by atoms with E-state index in [2.05, 4.69) is 27.7 Å². The number of hydrogen-bond donors (Lipinski definition) is 3. The fourth-order valence-electron chi connectivity index (χ4n) is 13.7. The number of ether oxygens (including phenoxy) is 9. The van der Waals surface area contributed by atoms with Gasteiger partial charge in [-0.3, -0.25) is 9.59 Å². The number of aliphatic hydroxyl groups excluding tert-OH is 3. The maximum Gasteiger partial charge on any atom is 0.338 e. The van der Waals surface area contributed by atoms with Gasteiger partial charge in [-0.15, -0.1) is 0 Å². The van der Waals surface area contributed by atoms with Crippen molar-refractivity contribution in [1.82, 2.24) is 0 Å². The molecule has 0 aromatic heterocycles. The molecule has 9 rings (SSSR count). The van der Waals surface area contributed by atoms with E-state index >= 15 is 0 Å². The number of methoxy groups -OCH3 is 1. The van der Waals surface area contributed by atoms with E-state index in [-0.39, 0.29) is 60.1 Å². The van der Waals surface area contributed by atoms with Crippen molar-refractivity contribution in [2.75, 3.05) is 26.9 Å². The van der Waals surface area contributed by atoms with Gasteiger partial charge in [0.1, 0.15) is 35.9 Å². The summed E-state index contributed by atoms with van der Waals surface area (Å²) in [6.07, 6.45) is -3.32. The fourth-order valence-corrected chi connectivity index (χ4v) is 13.7. The van der Waals surface area contributed by atoms with E-state index in [0.29, 0.717) is 48.7 Å². The minimum Gasteiger partial charge on any atom is -0.497 e. The first-order valence-corrected chi connectivity index (χ1v) is 23.0. The molecule has 62 heavy (non-hydrogen) atoms. The molecular formula is C47H66O15. The molecule has 1 aromatic rings. The van der Waals surface area contributed by atoms with E-state index in [1.807, 2.05) is 0 Å². The lowest BCUT2D eigenvalue weighted by Crippen LogP contribution is -2.62. The molecule has 1 aromatic carbocycles. The number of fused-ring (bicyclic) bond motifs is 7. The second-order valence-electron chi connectivity index (χ2n) is 20.4. The van der Waals surface area contributed by atoms with Crippen molar-refractivity contribution in [3.63, 3.8) is 0 Å². The van der Waals surface area contributed by atoms with Crippen molar-refractivity contribution in [2.45, 2.75) is 160 Å². The van der Waals surface area contributed by atoms with E-state index in [1.165, 1.54) is 26.2 Å². The minimum absolute atomic E-state index is 0.0411. The van der Waals surface area contributed by atoms with Gasteiger partial charge in [0, 0.05) is 37.0 Å². The van der Waals surface area contributed by atoms with E-state index < -0.39 is 72.3 Å². The summed E-state index contributed by atoms with van der Waals surface area (Å²) in [7, 11) is 1.50.